The Balaban J connectivity index is 1.86. The van der Waals surface area contributed by atoms with E-state index in [0.717, 1.165) is 32.5 Å². The predicted octanol–water partition coefficient (Wildman–Crippen LogP) is -0.702. The van der Waals surface area contributed by atoms with E-state index in [4.69, 9.17) is 5.73 Å². The molecule has 13 heavy (non-hydrogen) atoms. The molecule has 0 aromatic rings. The number of nitrogens with two attached hydrogens (primary N) is 1. The van der Waals surface area contributed by atoms with Gasteiger partial charge in [0.25, 0.3) is 0 Å². The van der Waals surface area contributed by atoms with Crippen LogP contribution >= 0.6 is 0 Å². The van der Waals surface area contributed by atoms with E-state index in [0.29, 0.717) is 18.5 Å². The second-order valence-electron chi connectivity index (χ2n) is 4.06. The standard InChI is InChI=1S/C9H17N3O/c10-7-5-12(6-7)8-2-1-3-11-9(13)4-8/h7-8H,1-6,10H2,(H,11,13). The van der Waals surface area contributed by atoms with Gasteiger partial charge in [-0.3, -0.25) is 9.69 Å². The molecule has 1 amide bonds. The van der Waals surface area contributed by atoms with E-state index < -0.39 is 0 Å². The highest BCUT2D eigenvalue weighted by molar-refractivity contribution is 5.76. The smallest absolute Gasteiger partial charge is 0.221 e. The Morgan fingerprint density at radius 3 is 2.92 bits per heavy atom. The van der Waals surface area contributed by atoms with Gasteiger partial charge in [-0.05, 0) is 12.8 Å². The summed E-state index contributed by atoms with van der Waals surface area (Å²) in [7, 11) is 0. The highest BCUT2D eigenvalue weighted by Crippen LogP contribution is 2.19. The maximum absolute atomic E-state index is 11.3. The molecule has 0 saturated carbocycles. The SMILES string of the molecule is NC1CN(C2CCCNC(=O)C2)C1. The number of carbonyl (C=O) groups is 1. The van der Waals surface area contributed by atoms with Crippen LogP contribution in [0.25, 0.3) is 0 Å². The van der Waals surface area contributed by atoms with Crippen LogP contribution in [0.15, 0.2) is 0 Å². The summed E-state index contributed by atoms with van der Waals surface area (Å²) in [6.07, 6.45) is 2.89. The lowest BCUT2D eigenvalue weighted by Crippen LogP contribution is -2.59. The number of rotatable bonds is 1. The van der Waals surface area contributed by atoms with Gasteiger partial charge >= 0.3 is 0 Å². The normalized spacial score (nSPS) is 32.1. The van der Waals surface area contributed by atoms with Crippen LogP contribution in [-0.4, -0.2) is 42.5 Å². The molecule has 0 aromatic heterocycles. The van der Waals surface area contributed by atoms with Gasteiger partial charge in [0.1, 0.15) is 0 Å². The van der Waals surface area contributed by atoms with Gasteiger partial charge in [-0.2, -0.15) is 0 Å². The van der Waals surface area contributed by atoms with Gasteiger partial charge in [-0.15, -0.1) is 0 Å². The fourth-order valence-electron chi connectivity index (χ4n) is 2.11. The highest BCUT2D eigenvalue weighted by Gasteiger charge is 2.31. The van der Waals surface area contributed by atoms with Gasteiger partial charge in [-0.25, -0.2) is 0 Å². The molecule has 2 aliphatic rings. The molecule has 4 nitrogen and oxygen atoms in total. The lowest BCUT2D eigenvalue weighted by atomic mass is 10.0. The summed E-state index contributed by atoms with van der Waals surface area (Å²) in [6, 6.07) is 0.786. The van der Waals surface area contributed by atoms with Crippen molar-refractivity contribution in [3.05, 3.63) is 0 Å². The number of amides is 1. The first-order valence-corrected chi connectivity index (χ1v) is 5.02. The number of nitrogens with zero attached hydrogens (tertiary/aromatic N) is 1. The molecule has 0 spiro atoms. The number of likely N-dealkylation sites (tertiary alicyclic amines) is 1. The summed E-state index contributed by atoms with van der Waals surface area (Å²) in [5.41, 5.74) is 5.71. The molecule has 0 bridgehead atoms. The Labute approximate surface area is 78.5 Å². The zero-order chi connectivity index (χ0) is 9.26. The van der Waals surface area contributed by atoms with Crippen LogP contribution in [0.4, 0.5) is 0 Å². The fourth-order valence-corrected chi connectivity index (χ4v) is 2.11. The van der Waals surface area contributed by atoms with Crippen LogP contribution in [0.2, 0.25) is 0 Å². The van der Waals surface area contributed by atoms with Gasteiger partial charge in [0.05, 0.1) is 0 Å². The van der Waals surface area contributed by atoms with Crippen LogP contribution in [0.1, 0.15) is 19.3 Å². The Hall–Kier alpha value is -0.610. The topological polar surface area (TPSA) is 58.4 Å². The monoisotopic (exact) mass is 183 g/mol. The minimum absolute atomic E-state index is 0.197. The Morgan fingerprint density at radius 1 is 1.46 bits per heavy atom. The van der Waals surface area contributed by atoms with Crippen LogP contribution in [-0.2, 0) is 4.79 Å². The lowest BCUT2D eigenvalue weighted by Gasteiger charge is -2.42. The van der Waals surface area contributed by atoms with E-state index in [-0.39, 0.29) is 5.91 Å². The summed E-state index contributed by atoms with van der Waals surface area (Å²) >= 11 is 0. The second kappa shape index (κ2) is 3.64. The first kappa shape index (κ1) is 8.97. The van der Waals surface area contributed by atoms with Crippen LogP contribution in [0.3, 0.4) is 0 Å². The van der Waals surface area contributed by atoms with E-state index in [2.05, 4.69) is 10.2 Å². The molecule has 1 unspecified atom stereocenters. The van der Waals surface area contributed by atoms with Crippen molar-refractivity contribution in [1.29, 1.82) is 0 Å². The van der Waals surface area contributed by atoms with Crippen molar-refractivity contribution < 1.29 is 4.79 Å². The Morgan fingerprint density at radius 2 is 2.23 bits per heavy atom. The fraction of sp³-hybridized carbons (Fsp3) is 0.889. The quantitative estimate of drug-likeness (QED) is 0.565. The second-order valence-corrected chi connectivity index (χ2v) is 4.06. The zero-order valence-corrected chi connectivity index (χ0v) is 7.83. The molecular weight excluding hydrogens is 166 g/mol. The lowest BCUT2D eigenvalue weighted by molar-refractivity contribution is -0.122. The third-order valence-corrected chi connectivity index (χ3v) is 2.91. The van der Waals surface area contributed by atoms with E-state index in [9.17, 15) is 4.79 Å². The first-order chi connectivity index (χ1) is 6.25. The number of nitrogens with one attached hydrogen (secondary N) is 1. The summed E-state index contributed by atoms with van der Waals surface area (Å²) in [6.45, 7) is 2.78. The van der Waals surface area contributed by atoms with Crippen molar-refractivity contribution in [2.24, 2.45) is 5.73 Å². The van der Waals surface area contributed by atoms with Crippen molar-refractivity contribution in [2.45, 2.75) is 31.3 Å². The molecule has 74 valence electrons. The number of hydrogen-bond donors (Lipinski definition) is 2. The van der Waals surface area contributed by atoms with E-state index in [1.54, 1.807) is 0 Å². The molecule has 2 fully saturated rings. The van der Waals surface area contributed by atoms with Gasteiger partial charge in [0, 0.05) is 38.1 Å². The number of carbonyl (C=O) groups excluding carboxylic acids is 1. The van der Waals surface area contributed by atoms with Gasteiger partial charge in [0.15, 0.2) is 0 Å². The third kappa shape index (κ3) is 2.00. The van der Waals surface area contributed by atoms with Crippen LogP contribution < -0.4 is 11.1 Å². The van der Waals surface area contributed by atoms with Crippen LogP contribution in [0, 0.1) is 0 Å². The maximum Gasteiger partial charge on any atom is 0.221 e. The van der Waals surface area contributed by atoms with Crippen molar-refractivity contribution in [2.75, 3.05) is 19.6 Å². The van der Waals surface area contributed by atoms with E-state index >= 15 is 0 Å². The first-order valence-electron chi connectivity index (χ1n) is 5.02. The maximum atomic E-state index is 11.3. The molecule has 2 heterocycles. The largest absolute Gasteiger partial charge is 0.356 e. The molecule has 2 aliphatic heterocycles. The van der Waals surface area contributed by atoms with Crippen molar-refractivity contribution in [3.8, 4) is 0 Å². The molecule has 0 radical (unpaired) electrons. The Bertz CT molecular complexity index is 201. The molecule has 2 saturated heterocycles. The predicted molar refractivity (Wildman–Crippen MR) is 50.2 cm³/mol. The van der Waals surface area contributed by atoms with Crippen molar-refractivity contribution >= 4 is 5.91 Å². The molecule has 2 rings (SSSR count). The molecule has 0 aromatic carbocycles. The number of hydrogen-bond acceptors (Lipinski definition) is 3. The summed E-state index contributed by atoms with van der Waals surface area (Å²) in [4.78, 5) is 13.6. The molecule has 0 aliphatic carbocycles. The van der Waals surface area contributed by atoms with E-state index in [1.807, 2.05) is 0 Å². The Kier molecular flexibility index (Phi) is 2.51. The molecule has 1 atom stereocenters. The van der Waals surface area contributed by atoms with Crippen molar-refractivity contribution in [3.63, 3.8) is 0 Å². The minimum Gasteiger partial charge on any atom is -0.356 e. The van der Waals surface area contributed by atoms with Gasteiger partial charge in [-0.1, -0.05) is 0 Å². The third-order valence-electron chi connectivity index (χ3n) is 2.91. The molecule has 4 heteroatoms. The van der Waals surface area contributed by atoms with Gasteiger partial charge < -0.3 is 11.1 Å². The van der Waals surface area contributed by atoms with Gasteiger partial charge in [0.2, 0.25) is 5.91 Å². The van der Waals surface area contributed by atoms with Crippen molar-refractivity contribution in [1.82, 2.24) is 10.2 Å². The molecule has 3 N–H and O–H groups in total. The van der Waals surface area contributed by atoms with Crippen LogP contribution in [0.5, 0.6) is 0 Å². The average Bonchev–Trinajstić information content (AvgIpc) is 2.24. The zero-order valence-electron chi connectivity index (χ0n) is 7.83. The molecular formula is C9H17N3O. The average molecular weight is 183 g/mol. The highest BCUT2D eigenvalue weighted by atomic mass is 16.1. The summed E-state index contributed by atoms with van der Waals surface area (Å²) in [5, 5.41) is 2.89. The minimum atomic E-state index is 0.197. The summed E-state index contributed by atoms with van der Waals surface area (Å²) < 4.78 is 0. The van der Waals surface area contributed by atoms with E-state index in [1.165, 1.54) is 0 Å². The summed E-state index contributed by atoms with van der Waals surface area (Å²) in [5.74, 6) is 0.197.